The summed E-state index contributed by atoms with van der Waals surface area (Å²) in [6.45, 7) is 9.05. The number of aromatic nitrogens is 3. The molecule has 1 fully saturated rings. The van der Waals surface area contributed by atoms with Gasteiger partial charge in [0.05, 0.1) is 23.7 Å². The number of nitrogens with zero attached hydrogens (tertiary/aromatic N) is 3. The van der Waals surface area contributed by atoms with E-state index < -0.39 is 0 Å². The number of aryl methyl sites for hydroxylation is 2. The highest BCUT2D eigenvalue weighted by atomic mass is 16.5. The van der Waals surface area contributed by atoms with Crippen LogP contribution in [0.3, 0.4) is 0 Å². The molecule has 0 radical (unpaired) electrons. The van der Waals surface area contributed by atoms with Gasteiger partial charge in [-0.15, -0.1) is 0 Å². The molecule has 1 saturated heterocycles. The fourth-order valence-electron chi connectivity index (χ4n) is 4.41. The normalized spacial score (nSPS) is 16.3. The third-order valence-electron chi connectivity index (χ3n) is 5.95. The lowest BCUT2D eigenvalue weighted by molar-refractivity contribution is 0.0613. The Morgan fingerprint density at radius 1 is 1.23 bits per heavy atom. The summed E-state index contributed by atoms with van der Waals surface area (Å²) in [7, 11) is 1.80. The quantitative estimate of drug-likeness (QED) is 0.617. The second-order valence-electron chi connectivity index (χ2n) is 8.26. The number of ether oxygens (including phenoxy) is 2. The molecular weight excluding hydrogens is 378 g/mol. The maximum Gasteiger partial charge on any atom is 0.253 e. The Balaban J connectivity index is 1.82. The van der Waals surface area contributed by atoms with Gasteiger partial charge < -0.3 is 18.6 Å². The van der Waals surface area contributed by atoms with E-state index in [2.05, 4.69) is 29.7 Å². The summed E-state index contributed by atoms with van der Waals surface area (Å²) in [6.07, 6.45) is 4.01. The van der Waals surface area contributed by atoms with E-state index in [9.17, 15) is 4.79 Å². The van der Waals surface area contributed by atoms with Crippen molar-refractivity contribution < 1.29 is 9.47 Å². The van der Waals surface area contributed by atoms with Crippen LogP contribution >= 0.6 is 0 Å². The first kappa shape index (κ1) is 20.8. The van der Waals surface area contributed by atoms with E-state index >= 15 is 0 Å². The summed E-state index contributed by atoms with van der Waals surface area (Å²) in [6, 6.07) is 8.35. The first-order chi connectivity index (χ1) is 14.5. The summed E-state index contributed by atoms with van der Waals surface area (Å²) in [5.74, 6) is 1.54. The minimum absolute atomic E-state index is 0.0391. The van der Waals surface area contributed by atoms with Gasteiger partial charge >= 0.3 is 0 Å². The van der Waals surface area contributed by atoms with Crippen LogP contribution in [0.1, 0.15) is 44.0 Å². The molecule has 1 aromatic carbocycles. The molecule has 0 N–H and O–H groups in total. The third kappa shape index (κ3) is 4.07. The molecule has 6 nitrogen and oxygen atoms in total. The second-order valence-corrected chi connectivity index (χ2v) is 8.26. The second kappa shape index (κ2) is 8.74. The fourth-order valence-corrected chi connectivity index (χ4v) is 4.41. The van der Waals surface area contributed by atoms with Gasteiger partial charge in [0.25, 0.3) is 5.56 Å². The number of imidazole rings is 1. The number of benzene rings is 1. The van der Waals surface area contributed by atoms with E-state index in [0.29, 0.717) is 12.5 Å². The number of hydrogen-bond donors (Lipinski definition) is 0. The van der Waals surface area contributed by atoms with Crippen LogP contribution in [0.2, 0.25) is 0 Å². The summed E-state index contributed by atoms with van der Waals surface area (Å²) >= 11 is 0. The van der Waals surface area contributed by atoms with Gasteiger partial charge in [-0.05, 0) is 62.9 Å². The Bertz CT molecular complexity index is 1070. The van der Waals surface area contributed by atoms with E-state index in [4.69, 9.17) is 14.5 Å². The summed E-state index contributed by atoms with van der Waals surface area (Å²) in [5.41, 5.74) is 5.03. The zero-order valence-electron chi connectivity index (χ0n) is 18.4. The minimum Gasteiger partial charge on any atom is -0.381 e. The molecule has 3 aromatic rings. The van der Waals surface area contributed by atoms with Crippen LogP contribution in [0, 0.1) is 6.92 Å². The van der Waals surface area contributed by atoms with Crippen LogP contribution in [-0.2, 0) is 23.1 Å². The SMILES string of the molecule is CCOC(C)Cn1c(C2CCOCC2)nc2ccc(-c3cc(C)c(=O)n(C)c3)cc21. The van der Waals surface area contributed by atoms with Gasteiger partial charge in [0.1, 0.15) is 5.82 Å². The molecule has 0 spiro atoms. The molecule has 30 heavy (non-hydrogen) atoms. The van der Waals surface area contributed by atoms with Crippen LogP contribution < -0.4 is 5.56 Å². The minimum atomic E-state index is 0.0391. The lowest BCUT2D eigenvalue weighted by atomic mass is 9.99. The zero-order valence-corrected chi connectivity index (χ0v) is 18.4. The number of hydrogen-bond acceptors (Lipinski definition) is 4. The van der Waals surface area contributed by atoms with Crippen LogP contribution in [0.4, 0.5) is 0 Å². The molecule has 1 aliphatic heterocycles. The first-order valence-electron chi connectivity index (χ1n) is 10.8. The van der Waals surface area contributed by atoms with Crippen LogP contribution in [-0.4, -0.2) is 40.0 Å². The molecule has 1 unspecified atom stereocenters. The van der Waals surface area contributed by atoms with Crippen molar-refractivity contribution in [1.82, 2.24) is 14.1 Å². The molecule has 2 aromatic heterocycles. The van der Waals surface area contributed by atoms with Crippen molar-refractivity contribution in [3.8, 4) is 11.1 Å². The molecule has 0 bridgehead atoms. The molecular formula is C24H31N3O3. The average molecular weight is 410 g/mol. The molecule has 1 atom stereocenters. The van der Waals surface area contributed by atoms with Crippen molar-refractivity contribution in [1.29, 1.82) is 0 Å². The Morgan fingerprint density at radius 2 is 2.00 bits per heavy atom. The van der Waals surface area contributed by atoms with Crippen molar-refractivity contribution in [2.24, 2.45) is 7.05 Å². The standard InChI is InChI=1S/C24H31N3O3/c1-5-30-17(3)14-27-22-13-19(20-12-16(2)24(28)26(4)15-20)6-7-21(22)25-23(27)18-8-10-29-11-9-18/h6-7,12-13,15,17-18H,5,8-11,14H2,1-4H3. The van der Waals surface area contributed by atoms with Gasteiger partial charge in [0.2, 0.25) is 0 Å². The molecule has 0 saturated carbocycles. The highest BCUT2D eigenvalue weighted by Crippen LogP contribution is 2.32. The predicted octanol–water partition coefficient (Wildman–Crippen LogP) is 4.03. The van der Waals surface area contributed by atoms with Crippen molar-refractivity contribution >= 4 is 11.0 Å². The van der Waals surface area contributed by atoms with Gasteiger partial charge in [-0.3, -0.25) is 4.79 Å². The van der Waals surface area contributed by atoms with E-state index in [1.165, 1.54) is 0 Å². The predicted molar refractivity (Wildman–Crippen MR) is 119 cm³/mol. The van der Waals surface area contributed by atoms with Crippen molar-refractivity contribution in [2.75, 3.05) is 19.8 Å². The van der Waals surface area contributed by atoms with Crippen molar-refractivity contribution in [2.45, 2.75) is 52.2 Å². The molecule has 3 heterocycles. The maximum atomic E-state index is 12.1. The van der Waals surface area contributed by atoms with Crippen LogP contribution in [0.5, 0.6) is 0 Å². The van der Waals surface area contributed by atoms with E-state index in [1.54, 1.807) is 11.6 Å². The molecule has 0 amide bonds. The van der Waals surface area contributed by atoms with Crippen molar-refractivity contribution in [3.05, 3.63) is 52.2 Å². The Kier molecular flexibility index (Phi) is 6.06. The van der Waals surface area contributed by atoms with Gasteiger partial charge in [0.15, 0.2) is 0 Å². The fraction of sp³-hybridized carbons (Fsp3) is 0.500. The van der Waals surface area contributed by atoms with E-state index in [-0.39, 0.29) is 11.7 Å². The first-order valence-corrected chi connectivity index (χ1v) is 10.8. The zero-order chi connectivity index (χ0) is 21.3. The summed E-state index contributed by atoms with van der Waals surface area (Å²) in [5, 5.41) is 0. The Labute approximate surface area is 177 Å². The highest BCUT2D eigenvalue weighted by molar-refractivity contribution is 5.82. The van der Waals surface area contributed by atoms with Gasteiger partial charge in [0, 0.05) is 44.5 Å². The summed E-state index contributed by atoms with van der Waals surface area (Å²) < 4.78 is 15.4. The van der Waals surface area contributed by atoms with Crippen LogP contribution in [0.25, 0.3) is 22.2 Å². The molecule has 4 rings (SSSR count). The molecule has 0 aliphatic carbocycles. The number of fused-ring (bicyclic) bond motifs is 1. The van der Waals surface area contributed by atoms with Crippen molar-refractivity contribution in [3.63, 3.8) is 0 Å². The lowest BCUT2D eigenvalue weighted by Gasteiger charge is -2.24. The maximum absolute atomic E-state index is 12.1. The highest BCUT2D eigenvalue weighted by Gasteiger charge is 2.24. The Morgan fingerprint density at radius 3 is 2.70 bits per heavy atom. The van der Waals surface area contributed by atoms with E-state index in [1.807, 2.05) is 26.1 Å². The van der Waals surface area contributed by atoms with Gasteiger partial charge in [-0.25, -0.2) is 4.98 Å². The Hall–Kier alpha value is -2.44. The molecule has 6 heteroatoms. The van der Waals surface area contributed by atoms with Gasteiger partial charge in [-0.2, -0.15) is 0 Å². The third-order valence-corrected chi connectivity index (χ3v) is 5.95. The number of pyridine rings is 1. The topological polar surface area (TPSA) is 58.3 Å². The largest absolute Gasteiger partial charge is 0.381 e. The smallest absolute Gasteiger partial charge is 0.253 e. The van der Waals surface area contributed by atoms with Crippen LogP contribution in [0.15, 0.2) is 35.3 Å². The molecule has 160 valence electrons. The summed E-state index contributed by atoms with van der Waals surface area (Å²) in [4.78, 5) is 17.1. The average Bonchev–Trinajstić information content (AvgIpc) is 3.10. The molecule has 1 aliphatic rings. The monoisotopic (exact) mass is 409 g/mol. The van der Waals surface area contributed by atoms with Gasteiger partial charge in [-0.1, -0.05) is 6.07 Å². The number of rotatable bonds is 6. The lowest BCUT2D eigenvalue weighted by Crippen LogP contribution is -2.22. The van der Waals surface area contributed by atoms with E-state index in [0.717, 1.165) is 66.1 Å².